The van der Waals surface area contributed by atoms with E-state index in [9.17, 15) is 15.0 Å². The maximum absolute atomic E-state index is 12.6. The van der Waals surface area contributed by atoms with Crippen molar-refractivity contribution >= 4 is 5.78 Å². The van der Waals surface area contributed by atoms with Gasteiger partial charge in [-0.25, -0.2) is 0 Å². The van der Waals surface area contributed by atoms with Crippen molar-refractivity contribution in [1.82, 2.24) is 4.90 Å². The van der Waals surface area contributed by atoms with E-state index in [1.807, 2.05) is 12.1 Å². The van der Waals surface area contributed by atoms with Gasteiger partial charge in [-0.05, 0) is 38.4 Å². The van der Waals surface area contributed by atoms with Crippen molar-refractivity contribution in [2.24, 2.45) is 0 Å². The van der Waals surface area contributed by atoms with Crippen LogP contribution in [0.4, 0.5) is 0 Å². The van der Waals surface area contributed by atoms with E-state index in [0.717, 1.165) is 36.1 Å². The largest absolute Gasteiger partial charge is 0.481 e. The molecule has 1 saturated carbocycles. The second-order valence-corrected chi connectivity index (χ2v) is 7.56. The number of rotatable bonds is 1. The lowest BCUT2D eigenvalue weighted by molar-refractivity contribution is -0.185. The molecule has 2 N–H and O–H groups in total. The van der Waals surface area contributed by atoms with Crippen LogP contribution in [0.15, 0.2) is 12.1 Å². The van der Waals surface area contributed by atoms with E-state index < -0.39 is 17.1 Å². The van der Waals surface area contributed by atoms with Gasteiger partial charge in [0.25, 0.3) is 0 Å². The second kappa shape index (κ2) is 4.15. The fraction of sp³-hybridized carbons (Fsp3) is 0.611. The number of hydrogen-bond acceptors (Lipinski definition) is 5. The SMILES string of the molecule is CN1CC[C@@]23c4c5ccc(CO)c4O[C@@H]2C(=O)CC[C@]3(O)C1C5. The number of hydrogen-bond donors (Lipinski definition) is 2. The van der Waals surface area contributed by atoms with Gasteiger partial charge in [-0.3, -0.25) is 4.79 Å². The summed E-state index contributed by atoms with van der Waals surface area (Å²) in [6.07, 6.45) is 1.77. The Bertz CT molecular complexity index is 732. The molecule has 2 aliphatic carbocycles. The summed E-state index contributed by atoms with van der Waals surface area (Å²) in [6.45, 7) is 0.740. The van der Waals surface area contributed by atoms with Gasteiger partial charge in [0.1, 0.15) is 5.75 Å². The van der Waals surface area contributed by atoms with Crippen molar-refractivity contribution in [1.29, 1.82) is 0 Å². The van der Waals surface area contributed by atoms with Crippen LogP contribution in [0.3, 0.4) is 0 Å². The van der Waals surface area contributed by atoms with Crippen LogP contribution in [-0.4, -0.2) is 52.2 Å². The van der Waals surface area contributed by atoms with Crippen molar-refractivity contribution in [2.45, 2.75) is 55.5 Å². The minimum Gasteiger partial charge on any atom is -0.481 e. The molecule has 2 bridgehead atoms. The molecule has 0 radical (unpaired) electrons. The molecule has 4 aliphatic rings. The number of Topliss-reactive ketones (excluding diaryl/α,β-unsaturated/α-hetero) is 1. The van der Waals surface area contributed by atoms with E-state index in [2.05, 4.69) is 11.9 Å². The highest BCUT2D eigenvalue weighted by Gasteiger charge is 2.72. The molecule has 2 aliphatic heterocycles. The van der Waals surface area contributed by atoms with Crippen molar-refractivity contribution in [3.05, 3.63) is 28.8 Å². The number of nitrogens with zero attached hydrogens (tertiary/aromatic N) is 1. The molecule has 23 heavy (non-hydrogen) atoms. The third-order valence-corrected chi connectivity index (χ3v) is 6.80. The van der Waals surface area contributed by atoms with Crippen LogP contribution in [0.25, 0.3) is 0 Å². The molecule has 1 unspecified atom stereocenters. The number of ketones is 1. The fourth-order valence-electron chi connectivity index (χ4n) is 5.73. The molecule has 122 valence electrons. The van der Waals surface area contributed by atoms with Gasteiger partial charge in [0.2, 0.25) is 0 Å². The quantitative estimate of drug-likeness (QED) is 0.791. The minimum atomic E-state index is -0.926. The van der Waals surface area contributed by atoms with Crippen LogP contribution in [0.5, 0.6) is 5.75 Å². The first-order chi connectivity index (χ1) is 11.0. The molecule has 0 amide bonds. The number of ether oxygens (including phenoxy) is 1. The summed E-state index contributed by atoms with van der Waals surface area (Å²) in [4.78, 5) is 14.9. The van der Waals surface area contributed by atoms with Crippen molar-refractivity contribution in [3.63, 3.8) is 0 Å². The Morgan fingerprint density at radius 1 is 1.39 bits per heavy atom. The summed E-state index contributed by atoms with van der Waals surface area (Å²) in [5.41, 5.74) is 1.34. The first kappa shape index (κ1) is 14.0. The van der Waals surface area contributed by atoms with E-state index in [4.69, 9.17) is 4.74 Å². The average molecular weight is 315 g/mol. The number of carbonyl (C=O) groups excluding carboxylic acids is 1. The molecule has 5 heteroatoms. The summed E-state index contributed by atoms with van der Waals surface area (Å²) in [7, 11) is 2.06. The average Bonchev–Trinajstić information content (AvgIpc) is 2.90. The maximum atomic E-state index is 12.6. The summed E-state index contributed by atoms with van der Waals surface area (Å²) < 4.78 is 6.13. The van der Waals surface area contributed by atoms with Crippen molar-refractivity contribution < 1.29 is 19.7 Å². The third kappa shape index (κ3) is 1.35. The highest BCUT2D eigenvalue weighted by atomic mass is 16.5. The van der Waals surface area contributed by atoms with Gasteiger partial charge in [0.05, 0.1) is 17.6 Å². The highest BCUT2D eigenvalue weighted by Crippen LogP contribution is 2.63. The molecule has 2 fully saturated rings. The normalized spacial score (nSPS) is 40.7. The zero-order valence-electron chi connectivity index (χ0n) is 13.2. The predicted molar refractivity (Wildman–Crippen MR) is 82.4 cm³/mol. The number of likely N-dealkylation sites (N-methyl/N-ethyl adjacent to an activating group) is 1. The van der Waals surface area contributed by atoms with E-state index in [1.54, 1.807) is 0 Å². The highest BCUT2D eigenvalue weighted by molar-refractivity contribution is 5.89. The van der Waals surface area contributed by atoms with Gasteiger partial charge >= 0.3 is 0 Å². The van der Waals surface area contributed by atoms with Gasteiger partial charge < -0.3 is 19.8 Å². The number of aliphatic hydroxyl groups excluding tert-OH is 1. The Kier molecular flexibility index (Phi) is 2.52. The van der Waals surface area contributed by atoms with Crippen LogP contribution >= 0.6 is 0 Å². The maximum Gasteiger partial charge on any atom is 0.174 e. The monoisotopic (exact) mass is 315 g/mol. The molecular weight excluding hydrogens is 294 g/mol. The predicted octanol–water partition coefficient (Wildman–Crippen LogP) is 0.532. The van der Waals surface area contributed by atoms with Crippen LogP contribution in [0.2, 0.25) is 0 Å². The molecule has 2 heterocycles. The number of benzene rings is 1. The lowest BCUT2D eigenvalue weighted by Crippen LogP contribution is -2.76. The number of piperidine rings is 1. The van der Waals surface area contributed by atoms with Crippen LogP contribution in [-0.2, 0) is 23.2 Å². The second-order valence-electron chi connectivity index (χ2n) is 7.56. The molecule has 1 spiro atoms. The van der Waals surface area contributed by atoms with Crippen LogP contribution < -0.4 is 4.74 Å². The van der Waals surface area contributed by atoms with E-state index in [0.29, 0.717) is 18.6 Å². The fourth-order valence-corrected chi connectivity index (χ4v) is 5.73. The van der Waals surface area contributed by atoms with E-state index >= 15 is 0 Å². The number of likely N-dealkylation sites (tertiary alicyclic amines) is 1. The molecule has 5 nitrogen and oxygen atoms in total. The first-order valence-electron chi connectivity index (χ1n) is 8.41. The molecule has 5 rings (SSSR count). The smallest absolute Gasteiger partial charge is 0.174 e. The molecule has 1 aromatic carbocycles. The lowest BCUT2D eigenvalue weighted by Gasteiger charge is -2.62. The van der Waals surface area contributed by atoms with Crippen LogP contribution in [0.1, 0.15) is 36.0 Å². The van der Waals surface area contributed by atoms with Gasteiger partial charge in [-0.15, -0.1) is 0 Å². The molecule has 0 aromatic heterocycles. The first-order valence-corrected chi connectivity index (χ1v) is 8.41. The van der Waals surface area contributed by atoms with E-state index in [-0.39, 0.29) is 18.4 Å². The van der Waals surface area contributed by atoms with Gasteiger partial charge in [-0.2, -0.15) is 0 Å². The van der Waals surface area contributed by atoms with Crippen molar-refractivity contribution in [3.8, 4) is 5.75 Å². The number of carbonyl (C=O) groups is 1. The van der Waals surface area contributed by atoms with Crippen molar-refractivity contribution in [2.75, 3.05) is 13.6 Å². The van der Waals surface area contributed by atoms with Gasteiger partial charge in [0, 0.05) is 23.6 Å². The Morgan fingerprint density at radius 2 is 2.22 bits per heavy atom. The molecular formula is C18H21NO4. The molecule has 1 saturated heterocycles. The standard InChI is InChI=1S/C18H21NO4/c1-19-7-6-17-14-10-2-3-11(9-20)15(14)23-16(17)12(21)4-5-18(17,22)13(19)8-10/h2-3,13,16,20,22H,4-9H2,1H3/t13?,16-,17-,18+/m1/s1. The Labute approximate surface area is 134 Å². The summed E-state index contributed by atoms with van der Waals surface area (Å²) in [5.74, 6) is 0.748. The zero-order chi connectivity index (χ0) is 16.0. The summed E-state index contributed by atoms with van der Waals surface area (Å²) >= 11 is 0. The van der Waals surface area contributed by atoms with Gasteiger partial charge in [0.15, 0.2) is 11.9 Å². The van der Waals surface area contributed by atoms with Gasteiger partial charge in [-0.1, -0.05) is 12.1 Å². The Morgan fingerprint density at radius 3 is 3.00 bits per heavy atom. The lowest BCUT2D eigenvalue weighted by atomic mass is 9.49. The van der Waals surface area contributed by atoms with E-state index in [1.165, 1.54) is 0 Å². The Balaban J connectivity index is 1.86. The minimum absolute atomic E-state index is 0.0221. The molecule has 1 aromatic rings. The topological polar surface area (TPSA) is 70.0 Å². The summed E-state index contributed by atoms with van der Waals surface area (Å²) in [5, 5.41) is 21.4. The zero-order valence-corrected chi connectivity index (χ0v) is 13.2. The Hall–Kier alpha value is -1.43. The van der Waals surface area contributed by atoms with Crippen LogP contribution in [0, 0.1) is 0 Å². The number of aliphatic hydroxyl groups is 2. The summed E-state index contributed by atoms with van der Waals surface area (Å²) in [6, 6.07) is 3.96. The third-order valence-electron chi connectivity index (χ3n) is 6.80. The molecule has 4 atom stereocenters.